The van der Waals surface area contributed by atoms with Crippen LogP contribution in [0.2, 0.25) is 0 Å². The maximum atomic E-state index is 12.2. The number of aromatic nitrogens is 1. The van der Waals surface area contributed by atoms with Crippen molar-refractivity contribution in [3.8, 4) is 0 Å². The molecule has 1 aromatic heterocycles. The van der Waals surface area contributed by atoms with E-state index in [9.17, 15) is 20.1 Å². The lowest BCUT2D eigenvalue weighted by atomic mass is 9.85. The van der Waals surface area contributed by atoms with E-state index in [0.29, 0.717) is 5.56 Å². The van der Waals surface area contributed by atoms with Gasteiger partial charge in [-0.15, -0.1) is 0 Å². The van der Waals surface area contributed by atoms with Crippen molar-refractivity contribution in [2.75, 3.05) is 6.61 Å². The number of para-hydroxylation sites is 1. The third-order valence-corrected chi connectivity index (χ3v) is 5.03. The minimum Gasteiger partial charge on any atom is -0.451 e. The number of hydrogen-bond acceptors (Lipinski definition) is 6. The lowest BCUT2D eigenvalue weighted by Crippen LogP contribution is -2.59. The van der Waals surface area contributed by atoms with Crippen molar-refractivity contribution in [3.05, 3.63) is 36.0 Å². The smallest absolute Gasteiger partial charge is 0.344 e. The fraction of sp³-hybridized carbons (Fsp3) is 0.471. The molecular weight excluding hydrogens is 314 g/mol. The van der Waals surface area contributed by atoms with Crippen LogP contribution in [0.5, 0.6) is 0 Å². The lowest BCUT2D eigenvalue weighted by molar-refractivity contribution is -0.262. The van der Waals surface area contributed by atoms with Crippen LogP contribution >= 0.6 is 0 Å². The fourth-order valence-electron chi connectivity index (χ4n) is 3.71. The average Bonchev–Trinajstić information content (AvgIpc) is 3.14. The largest absolute Gasteiger partial charge is 0.451 e. The summed E-state index contributed by atoms with van der Waals surface area (Å²) >= 11 is 0. The Morgan fingerprint density at radius 2 is 2.08 bits per heavy atom. The highest BCUT2D eigenvalue weighted by Gasteiger charge is 2.73. The first kappa shape index (κ1) is 15.6. The lowest BCUT2D eigenvalue weighted by Gasteiger charge is -2.31. The molecule has 0 bridgehead atoms. The number of fused-ring (bicyclic) bond motifs is 2. The Kier molecular flexibility index (Phi) is 3.27. The summed E-state index contributed by atoms with van der Waals surface area (Å²) in [5.74, 6) is -3.24. The molecule has 2 unspecified atom stereocenters. The molecule has 4 atom stereocenters. The zero-order valence-corrected chi connectivity index (χ0v) is 13.2. The van der Waals surface area contributed by atoms with E-state index in [2.05, 4.69) is 0 Å². The van der Waals surface area contributed by atoms with Crippen molar-refractivity contribution < 1.29 is 29.6 Å². The Morgan fingerprint density at radius 1 is 1.33 bits per heavy atom. The molecule has 2 aliphatic rings. The number of benzene rings is 1. The summed E-state index contributed by atoms with van der Waals surface area (Å²) in [6, 6.07) is 7.63. The summed E-state index contributed by atoms with van der Waals surface area (Å²) in [6.45, 7) is 2.52. The molecule has 2 aliphatic heterocycles. The van der Waals surface area contributed by atoms with E-state index in [0.717, 1.165) is 17.4 Å². The number of ether oxygens (including phenoxy) is 2. The Morgan fingerprint density at radius 3 is 2.83 bits per heavy atom. The number of aliphatic hydroxyl groups excluding tert-OH is 1. The second-order valence-corrected chi connectivity index (χ2v) is 6.40. The number of esters is 1. The van der Waals surface area contributed by atoms with Gasteiger partial charge in [-0.1, -0.05) is 18.2 Å². The first-order chi connectivity index (χ1) is 11.4. The molecule has 3 N–H and O–H groups in total. The van der Waals surface area contributed by atoms with Crippen LogP contribution in [0.4, 0.5) is 0 Å². The monoisotopic (exact) mass is 333 g/mol. The van der Waals surface area contributed by atoms with Crippen LogP contribution in [0.25, 0.3) is 10.9 Å². The topological polar surface area (TPSA) is 101 Å². The molecule has 2 aromatic rings. The van der Waals surface area contributed by atoms with Crippen LogP contribution in [-0.2, 0) is 27.2 Å². The van der Waals surface area contributed by atoms with Crippen LogP contribution in [-0.4, -0.2) is 56.1 Å². The quantitative estimate of drug-likeness (QED) is 0.680. The number of aryl methyl sites for hydroxylation is 1. The van der Waals surface area contributed by atoms with Gasteiger partial charge in [-0.05, 0) is 18.6 Å². The zero-order chi connectivity index (χ0) is 17.1. The molecule has 7 heteroatoms. The van der Waals surface area contributed by atoms with E-state index in [1.165, 1.54) is 0 Å². The molecule has 1 aromatic carbocycles. The van der Waals surface area contributed by atoms with Crippen molar-refractivity contribution in [3.63, 3.8) is 0 Å². The predicted octanol–water partition coefficient (Wildman–Crippen LogP) is -0.0601. The first-order valence-corrected chi connectivity index (χ1v) is 7.95. The normalized spacial score (nSPS) is 35.4. The number of carbonyl (C=O) groups is 1. The minimum atomic E-state index is -2.27. The highest BCUT2D eigenvalue weighted by molar-refractivity contribution is 5.88. The van der Waals surface area contributed by atoms with E-state index in [1.807, 2.05) is 42.0 Å². The van der Waals surface area contributed by atoms with Gasteiger partial charge >= 0.3 is 5.97 Å². The van der Waals surface area contributed by atoms with Crippen LogP contribution in [0.1, 0.15) is 12.5 Å². The van der Waals surface area contributed by atoms with E-state index in [-0.39, 0.29) is 13.0 Å². The van der Waals surface area contributed by atoms with Crippen molar-refractivity contribution in [1.29, 1.82) is 0 Å². The number of nitrogens with zero attached hydrogens (tertiary/aromatic N) is 1. The number of aliphatic hydroxyl groups is 3. The van der Waals surface area contributed by atoms with E-state index in [4.69, 9.17) is 9.47 Å². The predicted molar refractivity (Wildman–Crippen MR) is 83.1 cm³/mol. The van der Waals surface area contributed by atoms with Crippen molar-refractivity contribution in [1.82, 2.24) is 4.57 Å². The summed E-state index contributed by atoms with van der Waals surface area (Å²) in [5, 5.41) is 32.3. The first-order valence-electron chi connectivity index (χ1n) is 7.95. The molecule has 4 rings (SSSR count). The molecule has 0 saturated carbocycles. The number of carbonyl (C=O) groups excluding carboxylic acids is 1. The molecule has 7 nitrogen and oxygen atoms in total. The molecule has 0 spiro atoms. The van der Waals surface area contributed by atoms with Gasteiger partial charge in [0.2, 0.25) is 11.4 Å². The zero-order valence-electron chi connectivity index (χ0n) is 13.2. The second kappa shape index (κ2) is 5.03. The van der Waals surface area contributed by atoms with Gasteiger partial charge in [0.1, 0.15) is 6.10 Å². The van der Waals surface area contributed by atoms with Gasteiger partial charge in [0.15, 0.2) is 6.10 Å². The van der Waals surface area contributed by atoms with Crippen molar-refractivity contribution in [2.45, 2.75) is 43.5 Å². The Hall–Kier alpha value is -1.93. The second-order valence-electron chi connectivity index (χ2n) is 6.40. The molecule has 0 aliphatic carbocycles. The summed E-state index contributed by atoms with van der Waals surface area (Å²) in [4.78, 5) is 12.2. The number of rotatable bonds is 3. The highest BCUT2D eigenvalue weighted by atomic mass is 16.7. The van der Waals surface area contributed by atoms with Crippen LogP contribution in [0.3, 0.4) is 0 Å². The minimum absolute atomic E-state index is 0.168. The van der Waals surface area contributed by atoms with Gasteiger partial charge in [0.25, 0.3) is 0 Å². The fourth-order valence-corrected chi connectivity index (χ4v) is 3.71. The Balaban J connectivity index is 1.79. The molecule has 128 valence electrons. The van der Waals surface area contributed by atoms with Gasteiger partial charge in [-0.25, -0.2) is 4.79 Å². The molecule has 2 saturated heterocycles. The van der Waals surface area contributed by atoms with E-state index >= 15 is 0 Å². The molecule has 0 radical (unpaired) electrons. The van der Waals surface area contributed by atoms with E-state index < -0.39 is 29.6 Å². The summed E-state index contributed by atoms with van der Waals surface area (Å²) in [6.07, 6.45) is -0.767. The van der Waals surface area contributed by atoms with Gasteiger partial charge in [-0.2, -0.15) is 0 Å². The maximum absolute atomic E-state index is 12.2. The molecular formula is C17H19NO6. The summed E-state index contributed by atoms with van der Waals surface area (Å²) in [7, 11) is 0. The summed E-state index contributed by atoms with van der Waals surface area (Å²) < 4.78 is 12.2. The van der Waals surface area contributed by atoms with Crippen LogP contribution in [0, 0.1) is 0 Å². The Labute approximate surface area is 138 Å². The van der Waals surface area contributed by atoms with Crippen LogP contribution < -0.4 is 0 Å². The standard InChI is InChI=1S/C17H19NO6/c1-2-18-8-10(11-5-3-4-6-12(11)18)7-16(21)15(20)24-14-13(19)9-23-17(14,16)22/h3-6,8,13-14,19,21-22H,2,7,9H2,1H3/t13?,14?,16-,17+/m1/s1. The number of hydrogen-bond donors (Lipinski definition) is 3. The summed E-state index contributed by atoms with van der Waals surface area (Å²) in [5.41, 5.74) is -0.593. The molecule has 24 heavy (non-hydrogen) atoms. The molecule has 3 heterocycles. The molecule has 0 amide bonds. The third kappa shape index (κ3) is 1.83. The van der Waals surface area contributed by atoms with Crippen molar-refractivity contribution in [2.24, 2.45) is 0 Å². The van der Waals surface area contributed by atoms with Gasteiger partial charge in [0.05, 0.1) is 6.61 Å². The van der Waals surface area contributed by atoms with Crippen molar-refractivity contribution >= 4 is 16.9 Å². The van der Waals surface area contributed by atoms with Gasteiger partial charge in [0, 0.05) is 30.1 Å². The maximum Gasteiger partial charge on any atom is 0.344 e. The highest BCUT2D eigenvalue weighted by Crippen LogP contribution is 2.45. The van der Waals surface area contributed by atoms with Gasteiger partial charge < -0.3 is 29.4 Å². The SMILES string of the molecule is CCn1cc(C[C@@]2(O)C(=O)OC3C(O)CO[C@@]32O)c2ccccc21. The molecule has 2 fully saturated rings. The third-order valence-electron chi connectivity index (χ3n) is 5.03. The average molecular weight is 333 g/mol. The Bertz CT molecular complexity index is 817. The van der Waals surface area contributed by atoms with Crippen LogP contribution in [0.15, 0.2) is 30.5 Å². The van der Waals surface area contributed by atoms with E-state index in [1.54, 1.807) is 0 Å². The van der Waals surface area contributed by atoms with Gasteiger partial charge in [-0.3, -0.25) is 0 Å².